The Bertz CT molecular complexity index is 365. The van der Waals surface area contributed by atoms with E-state index >= 15 is 0 Å². The van der Waals surface area contributed by atoms with Gasteiger partial charge in [-0.2, -0.15) is 13.2 Å². The Morgan fingerprint density at radius 3 is 2.28 bits per heavy atom. The Balaban J connectivity index is 2.61. The fourth-order valence-electron chi connectivity index (χ4n) is 1.63. The normalized spacial score (nSPS) is 13.9. The van der Waals surface area contributed by atoms with Crippen molar-refractivity contribution in [3.63, 3.8) is 0 Å². The Morgan fingerprint density at radius 2 is 1.83 bits per heavy atom. The zero-order valence-corrected chi connectivity index (χ0v) is 10.1. The lowest BCUT2D eigenvalue weighted by molar-refractivity contribution is -0.148. The van der Waals surface area contributed by atoms with Crippen LogP contribution in [0.3, 0.4) is 0 Å². The van der Waals surface area contributed by atoms with Crippen LogP contribution in [-0.4, -0.2) is 35.8 Å². The Morgan fingerprint density at radius 1 is 1.28 bits per heavy atom. The van der Waals surface area contributed by atoms with Crippen LogP contribution in [0.5, 0.6) is 0 Å². The molecule has 0 fully saturated rings. The number of nitrogens with zero attached hydrogens (tertiary/aromatic N) is 1. The zero-order valence-electron chi connectivity index (χ0n) is 10.1. The van der Waals surface area contributed by atoms with Crippen LogP contribution in [0.1, 0.15) is 18.6 Å². The van der Waals surface area contributed by atoms with Crippen molar-refractivity contribution >= 4 is 5.69 Å². The van der Waals surface area contributed by atoms with Crippen LogP contribution in [0.15, 0.2) is 24.3 Å². The summed E-state index contributed by atoms with van der Waals surface area (Å²) in [6.07, 6.45) is -5.20. The second-order valence-corrected chi connectivity index (χ2v) is 4.13. The van der Waals surface area contributed by atoms with E-state index in [1.165, 1.54) is 0 Å². The van der Waals surface area contributed by atoms with Crippen LogP contribution < -0.4 is 5.73 Å². The van der Waals surface area contributed by atoms with Crippen molar-refractivity contribution in [3.05, 3.63) is 29.8 Å². The first-order valence-electron chi connectivity index (χ1n) is 5.64. The van der Waals surface area contributed by atoms with Crippen molar-refractivity contribution in [1.29, 1.82) is 0 Å². The molecule has 0 bridgehead atoms. The molecule has 6 heteroatoms. The van der Waals surface area contributed by atoms with E-state index in [9.17, 15) is 18.3 Å². The van der Waals surface area contributed by atoms with Crippen molar-refractivity contribution in [1.82, 2.24) is 4.90 Å². The zero-order chi connectivity index (χ0) is 13.8. The number of aliphatic hydroxyl groups excluding tert-OH is 1. The number of anilines is 1. The summed E-state index contributed by atoms with van der Waals surface area (Å²) < 4.78 is 36.8. The molecule has 18 heavy (non-hydrogen) atoms. The molecular weight excluding hydrogens is 245 g/mol. The van der Waals surface area contributed by atoms with E-state index < -0.39 is 18.8 Å². The van der Waals surface area contributed by atoms with Crippen molar-refractivity contribution in [2.24, 2.45) is 0 Å². The summed E-state index contributed by atoms with van der Waals surface area (Å²) in [5.74, 6) is 0. The molecular formula is C12H17F3N2O. The van der Waals surface area contributed by atoms with Gasteiger partial charge in [-0.15, -0.1) is 0 Å². The Hall–Kier alpha value is -1.27. The predicted octanol–water partition coefficient (Wildman–Crippen LogP) is 2.19. The lowest BCUT2D eigenvalue weighted by Gasteiger charge is -2.24. The van der Waals surface area contributed by atoms with Gasteiger partial charge in [-0.05, 0) is 24.2 Å². The first-order valence-corrected chi connectivity index (χ1v) is 5.64. The number of aliphatic hydroxyl groups is 1. The third-order valence-corrected chi connectivity index (χ3v) is 2.60. The molecule has 0 saturated heterocycles. The highest BCUT2D eigenvalue weighted by atomic mass is 19.4. The summed E-state index contributed by atoms with van der Waals surface area (Å²) in [5, 5.41) is 9.86. The van der Waals surface area contributed by atoms with Gasteiger partial charge in [-0.25, -0.2) is 0 Å². The lowest BCUT2D eigenvalue weighted by atomic mass is 10.1. The molecule has 0 aliphatic rings. The number of halogens is 3. The van der Waals surface area contributed by atoms with Gasteiger partial charge in [0.2, 0.25) is 0 Å². The molecule has 0 spiro atoms. The van der Waals surface area contributed by atoms with Crippen molar-refractivity contribution in [2.45, 2.75) is 19.2 Å². The molecule has 1 aromatic rings. The molecule has 1 rings (SSSR count). The van der Waals surface area contributed by atoms with Crippen molar-refractivity contribution < 1.29 is 18.3 Å². The summed E-state index contributed by atoms with van der Waals surface area (Å²) in [7, 11) is 0. The Labute approximate surface area is 104 Å². The number of benzene rings is 1. The van der Waals surface area contributed by atoms with E-state index in [1.54, 1.807) is 31.2 Å². The first kappa shape index (κ1) is 14.8. The monoisotopic (exact) mass is 262 g/mol. The number of hydrogen-bond donors (Lipinski definition) is 2. The average Bonchev–Trinajstić information content (AvgIpc) is 2.27. The number of alkyl halides is 3. The van der Waals surface area contributed by atoms with Crippen LogP contribution in [0.2, 0.25) is 0 Å². The van der Waals surface area contributed by atoms with Crippen LogP contribution >= 0.6 is 0 Å². The predicted molar refractivity (Wildman–Crippen MR) is 64.0 cm³/mol. The molecule has 0 heterocycles. The van der Waals surface area contributed by atoms with Gasteiger partial charge in [0.15, 0.2) is 0 Å². The SMILES string of the molecule is CCN(CC(O)c1ccc(N)cc1)CC(F)(F)F. The minimum Gasteiger partial charge on any atom is -0.399 e. The molecule has 0 saturated carbocycles. The fourth-order valence-corrected chi connectivity index (χ4v) is 1.63. The van der Waals surface area contributed by atoms with E-state index in [1.807, 2.05) is 0 Å². The van der Waals surface area contributed by atoms with E-state index in [-0.39, 0.29) is 13.1 Å². The molecule has 0 aliphatic heterocycles. The topological polar surface area (TPSA) is 49.5 Å². The number of nitrogens with two attached hydrogens (primary N) is 1. The second-order valence-electron chi connectivity index (χ2n) is 4.13. The standard InChI is InChI=1S/C12H17F3N2O/c1-2-17(8-12(13,14)15)7-11(18)9-3-5-10(16)6-4-9/h3-6,11,18H,2,7-8,16H2,1H3. The first-order chi connectivity index (χ1) is 8.31. The molecule has 1 unspecified atom stereocenters. The average molecular weight is 262 g/mol. The number of nitrogen functional groups attached to an aromatic ring is 1. The van der Waals surface area contributed by atoms with Gasteiger partial charge in [-0.3, -0.25) is 4.90 Å². The summed E-state index contributed by atoms with van der Waals surface area (Å²) in [4.78, 5) is 1.15. The van der Waals surface area contributed by atoms with Crippen LogP contribution in [0.25, 0.3) is 0 Å². The highest BCUT2D eigenvalue weighted by Crippen LogP contribution is 2.20. The third-order valence-electron chi connectivity index (χ3n) is 2.60. The van der Waals surface area contributed by atoms with Gasteiger partial charge >= 0.3 is 6.18 Å². The maximum absolute atomic E-state index is 12.3. The van der Waals surface area contributed by atoms with Crippen molar-refractivity contribution in [2.75, 3.05) is 25.4 Å². The summed E-state index contributed by atoms with van der Waals surface area (Å²) in [5.41, 5.74) is 6.61. The maximum atomic E-state index is 12.3. The molecule has 1 aromatic carbocycles. The molecule has 1 atom stereocenters. The number of hydrogen-bond acceptors (Lipinski definition) is 3. The molecule has 102 valence electrons. The van der Waals surface area contributed by atoms with E-state index in [4.69, 9.17) is 5.73 Å². The molecule has 3 nitrogen and oxygen atoms in total. The summed E-state index contributed by atoms with van der Waals surface area (Å²) in [6, 6.07) is 6.44. The largest absolute Gasteiger partial charge is 0.401 e. The van der Waals surface area contributed by atoms with E-state index in [0.717, 1.165) is 4.90 Å². The molecule has 0 aliphatic carbocycles. The quantitative estimate of drug-likeness (QED) is 0.800. The van der Waals surface area contributed by atoms with Gasteiger partial charge in [0, 0.05) is 12.2 Å². The van der Waals surface area contributed by atoms with Gasteiger partial charge in [0.05, 0.1) is 12.6 Å². The lowest BCUT2D eigenvalue weighted by Crippen LogP contribution is -2.36. The number of likely N-dealkylation sites (N-methyl/N-ethyl adjacent to an activating group) is 1. The number of rotatable bonds is 5. The molecule has 3 N–H and O–H groups in total. The molecule has 0 aromatic heterocycles. The third kappa shape index (κ3) is 4.93. The van der Waals surface area contributed by atoms with Gasteiger partial charge in [0.1, 0.15) is 0 Å². The summed E-state index contributed by atoms with van der Waals surface area (Å²) >= 11 is 0. The highest BCUT2D eigenvalue weighted by molar-refractivity contribution is 5.39. The van der Waals surface area contributed by atoms with Crippen LogP contribution in [0.4, 0.5) is 18.9 Å². The Kier molecular flexibility index (Phi) is 4.98. The van der Waals surface area contributed by atoms with Gasteiger partial charge in [-0.1, -0.05) is 19.1 Å². The van der Waals surface area contributed by atoms with Gasteiger partial charge < -0.3 is 10.8 Å². The van der Waals surface area contributed by atoms with E-state index in [0.29, 0.717) is 11.3 Å². The molecule has 0 radical (unpaired) electrons. The minimum absolute atomic E-state index is 0.0556. The minimum atomic E-state index is -4.25. The molecule has 0 amide bonds. The van der Waals surface area contributed by atoms with Crippen molar-refractivity contribution in [3.8, 4) is 0 Å². The van der Waals surface area contributed by atoms with E-state index in [2.05, 4.69) is 0 Å². The van der Waals surface area contributed by atoms with Crippen LogP contribution in [0, 0.1) is 0 Å². The fraction of sp³-hybridized carbons (Fsp3) is 0.500. The van der Waals surface area contributed by atoms with Crippen LogP contribution in [-0.2, 0) is 0 Å². The maximum Gasteiger partial charge on any atom is 0.401 e. The highest BCUT2D eigenvalue weighted by Gasteiger charge is 2.30. The second kappa shape index (κ2) is 6.06. The van der Waals surface area contributed by atoms with Gasteiger partial charge in [0.25, 0.3) is 0 Å². The summed E-state index contributed by atoms with van der Waals surface area (Å²) in [6.45, 7) is 0.780. The smallest absolute Gasteiger partial charge is 0.399 e.